The summed E-state index contributed by atoms with van der Waals surface area (Å²) < 4.78 is 13.4. The average Bonchev–Trinajstić information content (AvgIpc) is 2.26. The summed E-state index contributed by atoms with van der Waals surface area (Å²) >= 11 is 0. The van der Waals surface area contributed by atoms with Crippen LogP contribution in [0.1, 0.15) is 43.2 Å². The normalized spacial score (nSPS) is 11.6. The van der Waals surface area contributed by atoms with Crippen molar-refractivity contribution in [1.29, 1.82) is 0 Å². The van der Waals surface area contributed by atoms with Crippen molar-refractivity contribution in [2.24, 2.45) is 0 Å². The van der Waals surface area contributed by atoms with E-state index in [4.69, 9.17) is 0 Å². The molecule has 0 N–H and O–H groups in total. The summed E-state index contributed by atoms with van der Waals surface area (Å²) in [5, 5.41) is 0. The molecular formula is C17H20FN. The quantitative estimate of drug-likeness (QED) is 0.776. The first-order valence-electron chi connectivity index (χ1n) is 6.56. The molecule has 0 amide bonds. The summed E-state index contributed by atoms with van der Waals surface area (Å²) in [5.41, 5.74) is 4.26. The summed E-state index contributed by atoms with van der Waals surface area (Å²) in [6.07, 6.45) is 2.50. The number of pyridine rings is 1. The maximum absolute atomic E-state index is 13.4. The zero-order valence-corrected chi connectivity index (χ0v) is 12.0. The second-order valence-electron chi connectivity index (χ2n) is 6.10. The SMILES string of the molecule is Cc1cc(F)cc(Cc2cc(C(C)(C)C)ccn2)c1. The minimum atomic E-state index is -0.179. The lowest BCUT2D eigenvalue weighted by atomic mass is 9.87. The fourth-order valence-corrected chi connectivity index (χ4v) is 2.16. The Hall–Kier alpha value is -1.70. The highest BCUT2D eigenvalue weighted by atomic mass is 19.1. The van der Waals surface area contributed by atoms with Crippen molar-refractivity contribution in [1.82, 2.24) is 4.98 Å². The lowest BCUT2D eigenvalue weighted by Crippen LogP contribution is -2.11. The van der Waals surface area contributed by atoms with Gasteiger partial charge in [0.15, 0.2) is 0 Å². The molecule has 1 aromatic carbocycles. The summed E-state index contributed by atoms with van der Waals surface area (Å²) in [5.74, 6) is -0.179. The van der Waals surface area contributed by atoms with Crippen LogP contribution in [0.5, 0.6) is 0 Å². The molecule has 2 heteroatoms. The standard InChI is InChI=1S/C17H20FN/c1-12-7-13(9-15(18)8-12)10-16-11-14(5-6-19-16)17(2,3)4/h5-9,11H,10H2,1-4H3. The molecule has 0 unspecified atom stereocenters. The van der Waals surface area contributed by atoms with E-state index in [9.17, 15) is 4.39 Å². The van der Waals surface area contributed by atoms with Gasteiger partial charge in [-0.2, -0.15) is 0 Å². The summed E-state index contributed by atoms with van der Waals surface area (Å²) in [7, 11) is 0. The van der Waals surface area contributed by atoms with Gasteiger partial charge in [0.05, 0.1) is 0 Å². The second-order valence-corrected chi connectivity index (χ2v) is 6.10. The number of aromatic nitrogens is 1. The molecule has 1 heterocycles. The topological polar surface area (TPSA) is 12.9 Å². The van der Waals surface area contributed by atoms with Crippen molar-refractivity contribution in [3.63, 3.8) is 0 Å². The van der Waals surface area contributed by atoms with Gasteiger partial charge < -0.3 is 0 Å². The Morgan fingerprint density at radius 3 is 2.47 bits per heavy atom. The van der Waals surface area contributed by atoms with E-state index in [-0.39, 0.29) is 11.2 Å². The average molecular weight is 257 g/mol. The third-order valence-electron chi connectivity index (χ3n) is 3.17. The monoisotopic (exact) mass is 257 g/mol. The van der Waals surface area contributed by atoms with Crippen LogP contribution in [0.4, 0.5) is 4.39 Å². The van der Waals surface area contributed by atoms with E-state index < -0.39 is 0 Å². The number of benzene rings is 1. The Morgan fingerprint density at radius 1 is 1.11 bits per heavy atom. The molecule has 0 bridgehead atoms. The molecule has 0 spiro atoms. The largest absolute Gasteiger partial charge is 0.261 e. The van der Waals surface area contributed by atoms with E-state index in [1.807, 2.05) is 25.3 Å². The first kappa shape index (κ1) is 13.7. The van der Waals surface area contributed by atoms with Gasteiger partial charge in [0, 0.05) is 18.3 Å². The minimum absolute atomic E-state index is 0.107. The van der Waals surface area contributed by atoms with Crippen LogP contribution >= 0.6 is 0 Å². The van der Waals surface area contributed by atoms with Crippen LogP contribution in [0.2, 0.25) is 0 Å². The molecule has 0 atom stereocenters. The molecule has 0 aliphatic heterocycles. The number of aryl methyl sites for hydroxylation is 1. The predicted octanol–water partition coefficient (Wildman–Crippen LogP) is 4.42. The molecule has 0 aliphatic rings. The van der Waals surface area contributed by atoms with Gasteiger partial charge in [0.25, 0.3) is 0 Å². The molecule has 0 saturated carbocycles. The molecule has 1 nitrogen and oxygen atoms in total. The fourth-order valence-electron chi connectivity index (χ4n) is 2.16. The van der Waals surface area contributed by atoms with Crippen LogP contribution < -0.4 is 0 Å². The zero-order chi connectivity index (χ0) is 14.0. The van der Waals surface area contributed by atoms with Gasteiger partial charge >= 0.3 is 0 Å². The minimum Gasteiger partial charge on any atom is -0.261 e. The lowest BCUT2D eigenvalue weighted by Gasteiger charge is -2.19. The van der Waals surface area contributed by atoms with E-state index in [0.717, 1.165) is 16.8 Å². The molecule has 0 saturated heterocycles. The van der Waals surface area contributed by atoms with Crippen molar-refractivity contribution >= 4 is 0 Å². The Balaban J connectivity index is 2.28. The van der Waals surface area contributed by atoms with Crippen LogP contribution in [0, 0.1) is 12.7 Å². The molecular weight excluding hydrogens is 237 g/mol. The van der Waals surface area contributed by atoms with E-state index in [2.05, 4.69) is 31.8 Å². The highest BCUT2D eigenvalue weighted by molar-refractivity contribution is 5.30. The van der Waals surface area contributed by atoms with E-state index in [1.165, 1.54) is 5.56 Å². The lowest BCUT2D eigenvalue weighted by molar-refractivity contribution is 0.588. The van der Waals surface area contributed by atoms with Gasteiger partial charge in [-0.1, -0.05) is 26.8 Å². The van der Waals surface area contributed by atoms with Crippen molar-refractivity contribution in [2.75, 3.05) is 0 Å². The van der Waals surface area contributed by atoms with Crippen molar-refractivity contribution in [3.05, 3.63) is 64.7 Å². The smallest absolute Gasteiger partial charge is 0.123 e. The van der Waals surface area contributed by atoms with Crippen LogP contribution in [0.25, 0.3) is 0 Å². The van der Waals surface area contributed by atoms with Gasteiger partial charge in [0.2, 0.25) is 0 Å². The molecule has 0 aliphatic carbocycles. The van der Waals surface area contributed by atoms with Gasteiger partial charge in [0.1, 0.15) is 5.82 Å². The molecule has 2 rings (SSSR count). The van der Waals surface area contributed by atoms with Crippen LogP contribution in [-0.2, 0) is 11.8 Å². The number of hydrogen-bond acceptors (Lipinski definition) is 1. The Bertz CT molecular complexity index is 562. The number of nitrogens with zero attached hydrogens (tertiary/aromatic N) is 1. The highest BCUT2D eigenvalue weighted by Crippen LogP contribution is 2.23. The number of rotatable bonds is 2. The molecule has 19 heavy (non-hydrogen) atoms. The molecule has 0 radical (unpaired) electrons. The fraction of sp³-hybridized carbons (Fsp3) is 0.353. The maximum Gasteiger partial charge on any atom is 0.123 e. The Labute approximate surface area is 114 Å². The highest BCUT2D eigenvalue weighted by Gasteiger charge is 2.14. The third kappa shape index (κ3) is 3.63. The second kappa shape index (κ2) is 5.12. The first-order valence-corrected chi connectivity index (χ1v) is 6.56. The first-order chi connectivity index (χ1) is 8.84. The predicted molar refractivity (Wildman–Crippen MR) is 76.9 cm³/mol. The summed E-state index contributed by atoms with van der Waals surface area (Å²) in [4.78, 5) is 4.39. The third-order valence-corrected chi connectivity index (χ3v) is 3.17. The molecule has 2 aromatic rings. The van der Waals surface area contributed by atoms with E-state index in [1.54, 1.807) is 12.1 Å². The maximum atomic E-state index is 13.4. The number of hydrogen-bond donors (Lipinski definition) is 0. The van der Waals surface area contributed by atoms with Crippen molar-refractivity contribution < 1.29 is 4.39 Å². The van der Waals surface area contributed by atoms with Gasteiger partial charge in [-0.05, 0) is 53.3 Å². The summed E-state index contributed by atoms with van der Waals surface area (Å²) in [6.45, 7) is 8.45. The van der Waals surface area contributed by atoms with Crippen LogP contribution in [0.3, 0.4) is 0 Å². The zero-order valence-electron chi connectivity index (χ0n) is 12.0. The van der Waals surface area contributed by atoms with Crippen LogP contribution in [0.15, 0.2) is 36.5 Å². The van der Waals surface area contributed by atoms with E-state index in [0.29, 0.717) is 6.42 Å². The van der Waals surface area contributed by atoms with Gasteiger partial charge in [-0.25, -0.2) is 4.39 Å². The van der Waals surface area contributed by atoms with Crippen LogP contribution in [-0.4, -0.2) is 4.98 Å². The molecule has 100 valence electrons. The van der Waals surface area contributed by atoms with Gasteiger partial charge in [-0.3, -0.25) is 4.98 Å². The van der Waals surface area contributed by atoms with Crippen molar-refractivity contribution in [2.45, 2.75) is 39.5 Å². The number of halogens is 1. The van der Waals surface area contributed by atoms with E-state index >= 15 is 0 Å². The molecule has 0 fully saturated rings. The van der Waals surface area contributed by atoms with Crippen molar-refractivity contribution in [3.8, 4) is 0 Å². The molecule has 1 aromatic heterocycles. The Kier molecular flexibility index (Phi) is 3.70. The van der Waals surface area contributed by atoms with Gasteiger partial charge in [-0.15, -0.1) is 0 Å². The Morgan fingerprint density at radius 2 is 1.84 bits per heavy atom. The summed E-state index contributed by atoms with van der Waals surface area (Å²) in [6, 6.07) is 9.29.